The van der Waals surface area contributed by atoms with Crippen LogP contribution in [0.15, 0.2) is 24.3 Å². The Labute approximate surface area is 134 Å². The molecule has 0 saturated carbocycles. The van der Waals surface area contributed by atoms with Crippen LogP contribution in [-0.2, 0) is 9.47 Å². The van der Waals surface area contributed by atoms with Gasteiger partial charge in [0.05, 0.1) is 36.7 Å². The van der Waals surface area contributed by atoms with Crippen LogP contribution in [0.3, 0.4) is 0 Å². The zero-order chi connectivity index (χ0) is 17.1. The summed E-state index contributed by atoms with van der Waals surface area (Å²) in [5.41, 5.74) is 8.75. The highest BCUT2D eigenvalue weighted by molar-refractivity contribution is 6.08. The molecule has 120 valence electrons. The summed E-state index contributed by atoms with van der Waals surface area (Å²) < 4.78 is 9.71. The van der Waals surface area contributed by atoms with Gasteiger partial charge in [0, 0.05) is 16.8 Å². The maximum atomic E-state index is 12.3. The largest absolute Gasteiger partial charge is 0.465 e. The number of aromatic nitrogens is 1. The van der Waals surface area contributed by atoms with Gasteiger partial charge in [-0.1, -0.05) is 18.2 Å². The Hall–Kier alpha value is -2.89. The maximum Gasteiger partial charge on any atom is 0.340 e. The Morgan fingerprint density at radius 3 is 1.87 bits per heavy atom. The van der Waals surface area contributed by atoms with Crippen molar-refractivity contribution in [3.63, 3.8) is 0 Å². The highest BCUT2D eigenvalue weighted by atomic mass is 16.5. The van der Waals surface area contributed by atoms with Crippen LogP contribution in [0, 0.1) is 13.8 Å². The number of hydrogen-bond donors (Lipinski definition) is 1. The van der Waals surface area contributed by atoms with E-state index in [9.17, 15) is 9.59 Å². The van der Waals surface area contributed by atoms with Crippen molar-refractivity contribution in [1.82, 2.24) is 4.98 Å². The molecule has 23 heavy (non-hydrogen) atoms. The van der Waals surface area contributed by atoms with Gasteiger partial charge in [-0.15, -0.1) is 0 Å². The van der Waals surface area contributed by atoms with Crippen molar-refractivity contribution in [2.24, 2.45) is 0 Å². The Bertz CT molecular complexity index is 744. The number of rotatable bonds is 3. The van der Waals surface area contributed by atoms with Crippen LogP contribution in [0.25, 0.3) is 11.1 Å². The minimum atomic E-state index is -0.585. The second-order valence-corrected chi connectivity index (χ2v) is 4.98. The van der Waals surface area contributed by atoms with E-state index in [0.717, 1.165) is 0 Å². The first-order valence-corrected chi connectivity index (χ1v) is 6.95. The van der Waals surface area contributed by atoms with Crippen LogP contribution in [0.1, 0.15) is 32.1 Å². The molecule has 2 rings (SSSR count). The Kier molecular flexibility index (Phi) is 4.64. The number of carbonyl (C=O) groups excluding carboxylic acids is 2. The lowest BCUT2D eigenvalue weighted by Gasteiger charge is -2.18. The zero-order valence-corrected chi connectivity index (χ0v) is 13.5. The molecule has 0 atom stereocenters. The number of nitrogen functional groups attached to an aromatic ring is 1. The molecule has 2 N–H and O–H groups in total. The van der Waals surface area contributed by atoms with Crippen molar-refractivity contribution in [3.8, 4) is 11.1 Å². The summed E-state index contributed by atoms with van der Waals surface area (Å²) >= 11 is 0. The summed E-state index contributed by atoms with van der Waals surface area (Å²) in [5, 5.41) is 0. The number of hydrogen-bond acceptors (Lipinski definition) is 6. The fourth-order valence-corrected chi connectivity index (χ4v) is 2.55. The van der Waals surface area contributed by atoms with Gasteiger partial charge in [0.1, 0.15) is 0 Å². The van der Waals surface area contributed by atoms with Crippen LogP contribution in [0.4, 0.5) is 5.69 Å². The minimum absolute atomic E-state index is 0.205. The van der Waals surface area contributed by atoms with Crippen molar-refractivity contribution < 1.29 is 19.1 Å². The third kappa shape index (κ3) is 2.88. The molecule has 0 saturated heterocycles. The van der Waals surface area contributed by atoms with E-state index in [4.69, 9.17) is 15.2 Å². The van der Waals surface area contributed by atoms with Crippen molar-refractivity contribution in [1.29, 1.82) is 0 Å². The molecule has 2 aromatic rings. The van der Waals surface area contributed by atoms with Crippen molar-refractivity contribution >= 4 is 17.6 Å². The summed E-state index contributed by atoms with van der Waals surface area (Å²) in [6.07, 6.45) is 0. The van der Waals surface area contributed by atoms with Crippen LogP contribution in [-0.4, -0.2) is 31.1 Å². The summed E-state index contributed by atoms with van der Waals surface area (Å²) in [6.45, 7) is 3.37. The molecule has 0 aliphatic heterocycles. The van der Waals surface area contributed by atoms with E-state index in [1.807, 2.05) is 0 Å². The number of anilines is 1. The topological polar surface area (TPSA) is 91.5 Å². The quantitative estimate of drug-likeness (QED) is 0.691. The van der Waals surface area contributed by atoms with E-state index in [-0.39, 0.29) is 11.1 Å². The standard InChI is InChI=1S/C17H18N2O4/c1-9-13(16(20)22-3)15(11-7-5-6-8-12(11)18)14(10(2)19-9)17(21)23-4/h5-8H,18H2,1-4H3. The molecule has 0 aliphatic rings. The molecule has 6 heteroatoms. The fraction of sp³-hybridized carbons (Fsp3) is 0.235. The van der Waals surface area contributed by atoms with Gasteiger partial charge in [0.15, 0.2) is 0 Å². The lowest BCUT2D eigenvalue weighted by Crippen LogP contribution is -2.16. The van der Waals surface area contributed by atoms with E-state index in [0.29, 0.717) is 28.2 Å². The first-order chi connectivity index (χ1) is 10.9. The predicted octanol–water partition coefficient (Wildman–Crippen LogP) is 2.52. The average Bonchev–Trinajstić information content (AvgIpc) is 2.53. The molecular formula is C17H18N2O4. The zero-order valence-electron chi connectivity index (χ0n) is 13.5. The van der Waals surface area contributed by atoms with Crippen LogP contribution >= 0.6 is 0 Å². The smallest absolute Gasteiger partial charge is 0.340 e. The number of esters is 2. The number of pyridine rings is 1. The lowest BCUT2D eigenvalue weighted by molar-refractivity contribution is 0.0599. The Morgan fingerprint density at radius 2 is 1.43 bits per heavy atom. The summed E-state index contributed by atoms with van der Waals surface area (Å²) in [4.78, 5) is 28.8. The number of nitrogens with zero attached hydrogens (tertiary/aromatic N) is 1. The number of benzene rings is 1. The van der Waals surface area contributed by atoms with Gasteiger partial charge in [-0.25, -0.2) is 9.59 Å². The van der Waals surface area contributed by atoms with Crippen molar-refractivity contribution in [2.75, 3.05) is 20.0 Å². The Balaban J connectivity index is 2.97. The molecule has 0 spiro atoms. The first kappa shape index (κ1) is 16.5. The highest BCUT2D eigenvalue weighted by Crippen LogP contribution is 2.35. The molecular weight excluding hydrogens is 296 g/mol. The van der Waals surface area contributed by atoms with Crippen LogP contribution < -0.4 is 5.73 Å². The summed E-state index contributed by atoms with van der Waals surface area (Å²) in [7, 11) is 2.55. The normalized spacial score (nSPS) is 10.3. The molecule has 0 bridgehead atoms. The Morgan fingerprint density at radius 1 is 0.957 bits per heavy atom. The maximum absolute atomic E-state index is 12.3. The number of para-hydroxylation sites is 1. The molecule has 0 unspecified atom stereocenters. The van der Waals surface area contributed by atoms with Gasteiger partial charge in [0.2, 0.25) is 0 Å². The number of aryl methyl sites for hydroxylation is 2. The highest BCUT2D eigenvalue weighted by Gasteiger charge is 2.27. The monoisotopic (exact) mass is 314 g/mol. The SMILES string of the molecule is COC(=O)c1c(C)nc(C)c(C(=O)OC)c1-c1ccccc1N. The van der Waals surface area contributed by atoms with Crippen molar-refractivity contribution in [2.45, 2.75) is 13.8 Å². The van der Waals surface area contributed by atoms with Crippen molar-refractivity contribution in [3.05, 3.63) is 46.8 Å². The third-order valence-electron chi connectivity index (χ3n) is 3.57. The summed E-state index contributed by atoms with van der Waals surface area (Å²) in [6, 6.07) is 6.99. The van der Waals surface area contributed by atoms with Gasteiger partial charge in [-0.3, -0.25) is 4.98 Å². The second-order valence-electron chi connectivity index (χ2n) is 4.98. The van der Waals surface area contributed by atoms with E-state index in [2.05, 4.69) is 4.98 Å². The number of nitrogens with two attached hydrogens (primary N) is 1. The van der Waals surface area contributed by atoms with E-state index < -0.39 is 11.9 Å². The van der Waals surface area contributed by atoms with E-state index in [1.165, 1.54) is 14.2 Å². The molecule has 1 aromatic heterocycles. The van der Waals surface area contributed by atoms with E-state index >= 15 is 0 Å². The number of ether oxygens (including phenoxy) is 2. The molecule has 0 aliphatic carbocycles. The molecule has 0 radical (unpaired) electrons. The number of methoxy groups -OCH3 is 2. The predicted molar refractivity (Wildman–Crippen MR) is 86.2 cm³/mol. The van der Waals surface area contributed by atoms with Gasteiger partial charge < -0.3 is 15.2 Å². The summed E-state index contributed by atoms with van der Waals surface area (Å²) in [5.74, 6) is -1.17. The molecule has 6 nitrogen and oxygen atoms in total. The van der Waals surface area contributed by atoms with Gasteiger partial charge >= 0.3 is 11.9 Å². The van der Waals surface area contributed by atoms with Crippen LogP contribution in [0.5, 0.6) is 0 Å². The molecule has 1 heterocycles. The molecule has 0 fully saturated rings. The second kappa shape index (κ2) is 6.48. The van der Waals surface area contributed by atoms with Gasteiger partial charge in [-0.2, -0.15) is 0 Å². The van der Waals surface area contributed by atoms with Gasteiger partial charge in [0.25, 0.3) is 0 Å². The molecule has 1 aromatic carbocycles. The van der Waals surface area contributed by atoms with Crippen LogP contribution in [0.2, 0.25) is 0 Å². The lowest BCUT2D eigenvalue weighted by atomic mass is 9.91. The third-order valence-corrected chi connectivity index (χ3v) is 3.57. The molecule has 0 amide bonds. The fourth-order valence-electron chi connectivity index (χ4n) is 2.55. The number of carbonyl (C=O) groups is 2. The minimum Gasteiger partial charge on any atom is -0.465 e. The van der Waals surface area contributed by atoms with Gasteiger partial charge in [-0.05, 0) is 19.9 Å². The average molecular weight is 314 g/mol. The van der Waals surface area contributed by atoms with E-state index in [1.54, 1.807) is 38.1 Å². The first-order valence-electron chi connectivity index (χ1n) is 6.95.